The van der Waals surface area contributed by atoms with Gasteiger partial charge in [0.2, 0.25) is 11.6 Å². The maximum Gasteiger partial charge on any atom is 0.236 e. The first-order chi connectivity index (χ1) is 11.1. The zero-order valence-corrected chi connectivity index (χ0v) is 14.1. The number of methoxy groups -OCH3 is 1. The van der Waals surface area contributed by atoms with Crippen molar-refractivity contribution in [2.75, 3.05) is 13.7 Å². The fraction of sp³-hybridized carbons (Fsp3) is 0.421. The molecular formula is C19H20O3S. The van der Waals surface area contributed by atoms with Gasteiger partial charge in [-0.25, -0.2) is 0 Å². The van der Waals surface area contributed by atoms with Crippen LogP contribution in [0.5, 0.6) is 0 Å². The maximum absolute atomic E-state index is 13.2. The average Bonchev–Trinajstić information content (AvgIpc) is 2.96. The second kappa shape index (κ2) is 5.07. The van der Waals surface area contributed by atoms with Gasteiger partial charge in [0.1, 0.15) is 0 Å². The predicted octanol–water partition coefficient (Wildman–Crippen LogP) is 3.47. The maximum atomic E-state index is 13.2. The Morgan fingerprint density at radius 1 is 1.39 bits per heavy atom. The van der Waals surface area contributed by atoms with Crippen molar-refractivity contribution in [3.05, 3.63) is 54.6 Å². The highest BCUT2D eigenvalue weighted by Crippen LogP contribution is 2.64. The smallest absolute Gasteiger partial charge is 0.236 e. The van der Waals surface area contributed by atoms with Gasteiger partial charge in [0.15, 0.2) is 0 Å². The van der Waals surface area contributed by atoms with Gasteiger partial charge in [-0.05, 0) is 19.1 Å². The molecule has 0 amide bonds. The van der Waals surface area contributed by atoms with Gasteiger partial charge in [-0.1, -0.05) is 35.9 Å². The molecule has 1 aromatic carbocycles. The number of hydrogen-bond donors (Lipinski definition) is 0. The summed E-state index contributed by atoms with van der Waals surface area (Å²) >= 11 is 1.73. The van der Waals surface area contributed by atoms with Gasteiger partial charge in [-0.15, -0.1) is 18.3 Å². The fourth-order valence-corrected chi connectivity index (χ4v) is 6.00. The summed E-state index contributed by atoms with van der Waals surface area (Å²) in [5.74, 6) is -1.15. The highest BCUT2D eigenvalue weighted by Gasteiger charge is 2.72. The average molecular weight is 328 g/mol. The van der Waals surface area contributed by atoms with E-state index in [1.54, 1.807) is 18.9 Å². The summed E-state index contributed by atoms with van der Waals surface area (Å²) in [4.78, 5) is 14.3. The van der Waals surface area contributed by atoms with E-state index >= 15 is 0 Å². The Bertz CT molecular complexity index is 698. The number of ether oxygens (including phenoxy) is 2. The molecule has 0 aromatic heterocycles. The van der Waals surface area contributed by atoms with Crippen molar-refractivity contribution in [2.45, 2.75) is 22.4 Å². The molecule has 5 rings (SSSR count). The van der Waals surface area contributed by atoms with E-state index in [1.165, 1.54) is 5.57 Å². The molecule has 3 nitrogen and oxygen atoms in total. The van der Waals surface area contributed by atoms with Crippen LogP contribution in [0.3, 0.4) is 0 Å². The first-order valence-corrected chi connectivity index (χ1v) is 8.70. The summed E-state index contributed by atoms with van der Waals surface area (Å²) in [7, 11) is 1.58. The van der Waals surface area contributed by atoms with Crippen molar-refractivity contribution < 1.29 is 14.3 Å². The minimum absolute atomic E-state index is 0.0285. The second-order valence-electron chi connectivity index (χ2n) is 6.49. The monoisotopic (exact) mass is 328 g/mol. The number of carbonyl (C=O) groups excluding carboxylic acids is 1. The molecular weight excluding hydrogens is 308 g/mol. The minimum atomic E-state index is -1.09. The van der Waals surface area contributed by atoms with Gasteiger partial charge in [0.05, 0.1) is 17.3 Å². The molecule has 1 aliphatic heterocycles. The van der Waals surface area contributed by atoms with Crippen molar-refractivity contribution in [3.8, 4) is 0 Å². The van der Waals surface area contributed by atoms with Crippen molar-refractivity contribution in [1.82, 2.24) is 0 Å². The molecule has 1 saturated heterocycles. The zero-order chi connectivity index (χ0) is 16.2. The first kappa shape index (κ1) is 15.2. The van der Waals surface area contributed by atoms with Crippen molar-refractivity contribution in [2.24, 2.45) is 17.8 Å². The normalized spacial score (nSPS) is 41.0. The van der Waals surface area contributed by atoms with Crippen molar-refractivity contribution in [1.29, 1.82) is 0 Å². The molecule has 0 unspecified atom stereocenters. The van der Waals surface area contributed by atoms with Gasteiger partial charge >= 0.3 is 0 Å². The summed E-state index contributed by atoms with van der Waals surface area (Å²) < 4.78 is 11.2. The van der Waals surface area contributed by atoms with Crippen LogP contribution in [0.15, 0.2) is 59.5 Å². The second-order valence-corrected chi connectivity index (χ2v) is 7.87. The van der Waals surface area contributed by atoms with E-state index < -0.39 is 5.79 Å². The van der Waals surface area contributed by atoms with Crippen LogP contribution in [0.25, 0.3) is 0 Å². The summed E-state index contributed by atoms with van der Waals surface area (Å²) in [5, 5.41) is 0. The molecule has 5 atom stereocenters. The Hall–Kier alpha value is -1.36. The van der Waals surface area contributed by atoms with Crippen LogP contribution in [0.1, 0.15) is 6.92 Å². The van der Waals surface area contributed by atoms with E-state index in [4.69, 9.17) is 9.47 Å². The van der Waals surface area contributed by atoms with Crippen molar-refractivity contribution >= 4 is 17.5 Å². The number of ketones is 1. The largest absolute Gasteiger partial charge is 0.346 e. The Balaban J connectivity index is 1.84. The number of hydrogen-bond acceptors (Lipinski definition) is 4. The van der Waals surface area contributed by atoms with Crippen LogP contribution in [-0.2, 0) is 14.3 Å². The molecule has 2 fully saturated rings. The number of carbonyl (C=O) groups is 1. The van der Waals surface area contributed by atoms with Gasteiger partial charge in [-0.3, -0.25) is 4.79 Å². The van der Waals surface area contributed by atoms with Crippen LogP contribution in [0, 0.1) is 17.8 Å². The summed E-state index contributed by atoms with van der Waals surface area (Å²) in [6, 6.07) is 10.2. The third-order valence-corrected chi connectivity index (χ3v) is 7.15. The lowest BCUT2D eigenvalue weighted by Gasteiger charge is -2.53. The Labute approximate surface area is 140 Å². The highest BCUT2D eigenvalue weighted by atomic mass is 32.2. The molecule has 120 valence electrons. The predicted molar refractivity (Wildman–Crippen MR) is 90.2 cm³/mol. The van der Waals surface area contributed by atoms with Gasteiger partial charge < -0.3 is 9.47 Å². The molecule has 1 saturated carbocycles. The molecule has 4 bridgehead atoms. The van der Waals surface area contributed by atoms with E-state index in [1.807, 2.05) is 24.3 Å². The molecule has 1 heterocycles. The Kier molecular flexibility index (Phi) is 3.34. The molecule has 23 heavy (non-hydrogen) atoms. The van der Waals surface area contributed by atoms with Crippen molar-refractivity contribution in [3.63, 3.8) is 0 Å². The van der Waals surface area contributed by atoms with Gasteiger partial charge in [0.25, 0.3) is 0 Å². The van der Waals surface area contributed by atoms with Crippen LogP contribution in [0.4, 0.5) is 0 Å². The lowest BCUT2D eigenvalue weighted by molar-refractivity contribution is -0.216. The van der Waals surface area contributed by atoms with E-state index in [2.05, 4.69) is 31.7 Å². The van der Waals surface area contributed by atoms with Crippen LogP contribution >= 0.6 is 11.8 Å². The van der Waals surface area contributed by atoms with Crippen LogP contribution < -0.4 is 0 Å². The quantitative estimate of drug-likeness (QED) is 0.793. The molecule has 4 aliphatic rings. The van der Waals surface area contributed by atoms with Gasteiger partial charge in [0, 0.05) is 23.8 Å². The standard InChI is InChI=1S/C19H20O3S/c1-4-18(23-13-8-6-5-7-9-13)14-10-12(2)16-15(18)11-22-19(16,21-3)17(14)20/h4-10,14-16H,1,11H2,2-3H3/t14-,15-,16-,18+,19+/m0/s1. The van der Waals surface area contributed by atoms with Crippen LogP contribution in [-0.4, -0.2) is 30.0 Å². The topological polar surface area (TPSA) is 35.5 Å². The SMILES string of the molecule is C=C[C@@]1(Sc2ccccc2)[C@H]2C=C(C)[C@H]3[C@@H]1CO[C@@]3(OC)C2=O. The van der Waals surface area contributed by atoms with Crippen LogP contribution in [0.2, 0.25) is 0 Å². The van der Waals surface area contributed by atoms with E-state index in [9.17, 15) is 4.79 Å². The Morgan fingerprint density at radius 3 is 2.78 bits per heavy atom. The van der Waals surface area contributed by atoms with Gasteiger partial charge in [-0.2, -0.15) is 0 Å². The molecule has 1 aromatic rings. The molecule has 4 heteroatoms. The highest BCUT2D eigenvalue weighted by molar-refractivity contribution is 8.01. The lowest BCUT2D eigenvalue weighted by Crippen LogP contribution is -2.64. The first-order valence-electron chi connectivity index (χ1n) is 7.88. The Morgan fingerprint density at radius 2 is 2.13 bits per heavy atom. The lowest BCUT2D eigenvalue weighted by atomic mass is 9.57. The zero-order valence-electron chi connectivity index (χ0n) is 13.3. The van der Waals surface area contributed by atoms with E-state index in [-0.39, 0.29) is 28.3 Å². The molecule has 3 aliphatic carbocycles. The number of benzene rings is 1. The minimum Gasteiger partial charge on any atom is -0.346 e. The molecule has 0 spiro atoms. The molecule has 0 N–H and O–H groups in total. The number of rotatable bonds is 4. The summed E-state index contributed by atoms with van der Waals surface area (Å²) in [6.45, 7) is 6.71. The number of allylic oxidation sites excluding steroid dienone is 1. The summed E-state index contributed by atoms with van der Waals surface area (Å²) in [5.41, 5.74) is 1.20. The third-order valence-electron chi connectivity index (χ3n) is 5.56. The third kappa shape index (κ3) is 1.77. The van der Waals surface area contributed by atoms with E-state index in [0.29, 0.717) is 6.61 Å². The summed E-state index contributed by atoms with van der Waals surface area (Å²) in [6.07, 6.45) is 4.06. The number of thioether (sulfide) groups is 1. The number of Topliss-reactive ketones (excluding diaryl/α,β-unsaturated/α-hetero) is 1. The fourth-order valence-electron chi connectivity index (χ4n) is 4.56. The van der Waals surface area contributed by atoms with E-state index in [0.717, 1.165) is 4.90 Å². The molecule has 0 radical (unpaired) electrons.